The number of benzene rings is 2. The van der Waals surface area contributed by atoms with E-state index in [1.807, 2.05) is 42.5 Å². The molecule has 0 aromatic heterocycles. The van der Waals surface area contributed by atoms with Gasteiger partial charge in [0.15, 0.2) is 6.61 Å². The molecule has 160 valence electrons. The number of nitrogens with one attached hydrogen (secondary N) is 1. The SMILES string of the molecule is O=C(COc1ccccc1)N[C@@H]1CC[C@H](CN2CCC(c3ccc(Cl)cc3)CC2)C1. The standard InChI is InChI=1S/C25H31ClN2O2/c26-22-9-7-20(8-10-22)21-12-14-28(15-13-21)17-19-6-11-23(16-19)27-25(29)18-30-24-4-2-1-3-5-24/h1-5,7-10,19,21,23H,6,11-18H2,(H,27,29)/t19-,23+/m0/s1. The molecule has 0 bridgehead atoms. The molecular weight excluding hydrogens is 396 g/mol. The smallest absolute Gasteiger partial charge is 0.258 e. The van der Waals surface area contributed by atoms with Crippen molar-refractivity contribution in [3.8, 4) is 5.75 Å². The first kappa shape index (κ1) is 21.2. The lowest BCUT2D eigenvalue weighted by Gasteiger charge is -2.33. The van der Waals surface area contributed by atoms with Crippen LogP contribution in [0.25, 0.3) is 0 Å². The van der Waals surface area contributed by atoms with Gasteiger partial charge in [0.05, 0.1) is 0 Å². The van der Waals surface area contributed by atoms with Crippen LogP contribution in [0.2, 0.25) is 5.02 Å². The number of para-hydroxylation sites is 1. The average molecular weight is 427 g/mol. The van der Waals surface area contributed by atoms with Crippen molar-refractivity contribution in [3.05, 3.63) is 65.2 Å². The van der Waals surface area contributed by atoms with Gasteiger partial charge in [-0.2, -0.15) is 0 Å². The van der Waals surface area contributed by atoms with Gasteiger partial charge in [-0.15, -0.1) is 0 Å². The lowest BCUT2D eigenvalue weighted by atomic mass is 9.89. The van der Waals surface area contributed by atoms with Gasteiger partial charge in [-0.05, 0) is 86.9 Å². The maximum Gasteiger partial charge on any atom is 0.258 e. The number of likely N-dealkylation sites (tertiary alicyclic amines) is 1. The third kappa shape index (κ3) is 5.99. The topological polar surface area (TPSA) is 41.6 Å². The Hall–Kier alpha value is -2.04. The van der Waals surface area contributed by atoms with Crippen molar-refractivity contribution >= 4 is 17.5 Å². The molecule has 1 N–H and O–H groups in total. The Morgan fingerprint density at radius 3 is 2.47 bits per heavy atom. The Kier molecular flexibility index (Phi) is 7.29. The molecule has 2 fully saturated rings. The number of nitrogens with zero attached hydrogens (tertiary/aromatic N) is 1. The van der Waals surface area contributed by atoms with Crippen molar-refractivity contribution in [1.29, 1.82) is 0 Å². The molecule has 0 radical (unpaired) electrons. The van der Waals surface area contributed by atoms with Crippen LogP contribution in [0.4, 0.5) is 0 Å². The lowest BCUT2D eigenvalue weighted by molar-refractivity contribution is -0.123. The molecule has 30 heavy (non-hydrogen) atoms. The summed E-state index contributed by atoms with van der Waals surface area (Å²) in [4.78, 5) is 14.8. The molecule has 5 heteroatoms. The van der Waals surface area contributed by atoms with Gasteiger partial charge in [-0.1, -0.05) is 41.9 Å². The highest BCUT2D eigenvalue weighted by molar-refractivity contribution is 6.30. The predicted molar refractivity (Wildman–Crippen MR) is 121 cm³/mol. The second-order valence-corrected chi connectivity index (χ2v) is 9.11. The number of amides is 1. The number of rotatable bonds is 7. The van der Waals surface area contributed by atoms with Crippen molar-refractivity contribution in [1.82, 2.24) is 10.2 Å². The molecule has 0 unspecified atom stereocenters. The summed E-state index contributed by atoms with van der Waals surface area (Å²) in [5.41, 5.74) is 1.42. The molecule has 1 amide bonds. The second-order valence-electron chi connectivity index (χ2n) is 8.67. The van der Waals surface area contributed by atoms with E-state index in [9.17, 15) is 4.79 Å². The van der Waals surface area contributed by atoms with Crippen LogP contribution in [-0.4, -0.2) is 43.1 Å². The fraction of sp³-hybridized carbons (Fsp3) is 0.480. The molecule has 2 aliphatic rings. The summed E-state index contributed by atoms with van der Waals surface area (Å²) < 4.78 is 5.55. The molecule has 4 nitrogen and oxygen atoms in total. The third-order valence-corrected chi connectivity index (χ3v) is 6.72. The number of ether oxygens (including phenoxy) is 1. The molecule has 1 aliphatic carbocycles. The first-order valence-electron chi connectivity index (χ1n) is 11.1. The van der Waals surface area contributed by atoms with Crippen LogP contribution in [-0.2, 0) is 4.79 Å². The summed E-state index contributed by atoms with van der Waals surface area (Å²) in [7, 11) is 0. The maximum absolute atomic E-state index is 12.2. The van der Waals surface area contributed by atoms with E-state index in [0.29, 0.717) is 11.8 Å². The van der Waals surface area contributed by atoms with E-state index in [4.69, 9.17) is 16.3 Å². The quantitative estimate of drug-likeness (QED) is 0.685. The van der Waals surface area contributed by atoms with E-state index in [1.54, 1.807) is 0 Å². The van der Waals surface area contributed by atoms with Crippen molar-refractivity contribution in [2.24, 2.45) is 5.92 Å². The van der Waals surface area contributed by atoms with Gasteiger partial charge in [-0.25, -0.2) is 0 Å². The number of carbonyl (C=O) groups is 1. The van der Waals surface area contributed by atoms with Crippen LogP contribution >= 0.6 is 11.6 Å². The summed E-state index contributed by atoms with van der Waals surface area (Å²) in [6.07, 6.45) is 5.77. The van der Waals surface area contributed by atoms with Crippen molar-refractivity contribution in [2.75, 3.05) is 26.2 Å². The van der Waals surface area contributed by atoms with Gasteiger partial charge in [-0.3, -0.25) is 4.79 Å². The fourth-order valence-corrected chi connectivity index (χ4v) is 4.98. The third-order valence-electron chi connectivity index (χ3n) is 6.46. The highest BCUT2D eigenvalue weighted by Gasteiger charge is 2.29. The molecule has 4 rings (SSSR count). The molecule has 2 aromatic carbocycles. The number of piperidine rings is 1. The minimum absolute atomic E-state index is 0.0201. The number of hydrogen-bond acceptors (Lipinski definition) is 3. The summed E-state index contributed by atoms with van der Waals surface area (Å²) in [6.45, 7) is 3.56. The second kappa shape index (κ2) is 10.3. The van der Waals surface area contributed by atoms with Crippen molar-refractivity contribution < 1.29 is 9.53 Å². The van der Waals surface area contributed by atoms with Gasteiger partial charge in [0.25, 0.3) is 5.91 Å². The average Bonchev–Trinajstić information content (AvgIpc) is 3.21. The summed E-state index contributed by atoms with van der Waals surface area (Å²) >= 11 is 6.02. The Labute approximate surface area is 184 Å². The molecule has 0 spiro atoms. The maximum atomic E-state index is 12.2. The zero-order chi connectivity index (χ0) is 20.8. The van der Waals surface area contributed by atoms with Crippen LogP contribution < -0.4 is 10.1 Å². The number of hydrogen-bond donors (Lipinski definition) is 1. The van der Waals surface area contributed by atoms with E-state index in [2.05, 4.69) is 22.3 Å². The van der Waals surface area contributed by atoms with Crippen LogP contribution in [0.1, 0.15) is 43.6 Å². The van der Waals surface area contributed by atoms with Crippen molar-refractivity contribution in [2.45, 2.75) is 44.1 Å². The van der Waals surface area contributed by atoms with Crippen LogP contribution in [0, 0.1) is 5.92 Å². The summed E-state index contributed by atoms with van der Waals surface area (Å²) in [5.74, 6) is 2.04. The highest BCUT2D eigenvalue weighted by atomic mass is 35.5. The van der Waals surface area contributed by atoms with Gasteiger partial charge in [0.1, 0.15) is 5.75 Å². The number of carbonyl (C=O) groups excluding carboxylic acids is 1. The lowest BCUT2D eigenvalue weighted by Crippen LogP contribution is -2.38. The van der Waals surface area contributed by atoms with Crippen LogP contribution in [0.3, 0.4) is 0 Å². The molecular formula is C25H31ClN2O2. The molecule has 1 aliphatic heterocycles. The zero-order valence-corrected chi connectivity index (χ0v) is 18.2. The van der Waals surface area contributed by atoms with Crippen LogP contribution in [0.5, 0.6) is 5.75 Å². The monoisotopic (exact) mass is 426 g/mol. The number of halogens is 1. The van der Waals surface area contributed by atoms with Gasteiger partial charge < -0.3 is 15.0 Å². The largest absolute Gasteiger partial charge is 0.484 e. The van der Waals surface area contributed by atoms with Gasteiger partial charge in [0.2, 0.25) is 0 Å². The molecule has 1 saturated heterocycles. The van der Waals surface area contributed by atoms with E-state index < -0.39 is 0 Å². The Balaban J connectivity index is 1.15. The minimum atomic E-state index is -0.0201. The first-order chi connectivity index (χ1) is 14.7. The molecule has 1 heterocycles. The molecule has 2 atom stereocenters. The molecule has 1 saturated carbocycles. The van der Waals surface area contributed by atoms with E-state index in [0.717, 1.165) is 43.2 Å². The Morgan fingerprint density at radius 2 is 1.73 bits per heavy atom. The Bertz CT molecular complexity index is 804. The zero-order valence-electron chi connectivity index (χ0n) is 17.4. The fourth-order valence-electron chi connectivity index (χ4n) is 4.86. The van der Waals surface area contributed by atoms with Crippen molar-refractivity contribution in [3.63, 3.8) is 0 Å². The van der Waals surface area contributed by atoms with Crippen LogP contribution in [0.15, 0.2) is 54.6 Å². The van der Waals surface area contributed by atoms with Gasteiger partial charge in [0, 0.05) is 17.6 Å². The highest BCUT2D eigenvalue weighted by Crippen LogP contribution is 2.31. The van der Waals surface area contributed by atoms with E-state index in [1.165, 1.54) is 24.8 Å². The first-order valence-corrected chi connectivity index (χ1v) is 11.5. The van der Waals surface area contributed by atoms with Gasteiger partial charge >= 0.3 is 0 Å². The minimum Gasteiger partial charge on any atom is -0.484 e. The normalized spacial score (nSPS) is 22.7. The predicted octanol–water partition coefficient (Wildman–Crippen LogP) is 4.88. The summed E-state index contributed by atoms with van der Waals surface area (Å²) in [5, 5.41) is 3.97. The van der Waals surface area contributed by atoms with E-state index in [-0.39, 0.29) is 18.6 Å². The van der Waals surface area contributed by atoms with E-state index >= 15 is 0 Å². The Morgan fingerprint density at radius 1 is 1.00 bits per heavy atom. The summed E-state index contributed by atoms with van der Waals surface area (Å²) in [6, 6.07) is 18.1. The molecule has 2 aromatic rings.